The molecule has 0 saturated carbocycles. The Labute approximate surface area is 133 Å². The molecule has 122 valence electrons. The van der Waals surface area contributed by atoms with Crippen molar-refractivity contribution in [2.45, 2.75) is 33.6 Å². The SMILES string of the molecule is CCCN(CC(=O)O)C(=O)Cc1csc(NC(=O)C(C)C)n1. The van der Waals surface area contributed by atoms with E-state index in [-0.39, 0.29) is 30.7 Å². The number of hydrogen-bond donors (Lipinski definition) is 2. The molecule has 0 aliphatic heterocycles. The van der Waals surface area contributed by atoms with Gasteiger partial charge in [-0.1, -0.05) is 20.8 Å². The van der Waals surface area contributed by atoms with Crippen LogP contribution in [0.3, 0.4) is 0 Å². The van der Waals surface area contributed by atoms with Gasteiger partial charge < -0.3 is 15.3 Å². The Morgan fingerprint density at radius 1 is 1.41 bits per heavy atom. The van der Waals surface area contributed by atoms with Crippen LogP contribution in [-0.2, 0) is 20.8 Å². The number of carboxylic acid groups (broad SMARTS) is 1. The van der Waals surface area contributed by atoms with Crippen molar-refractivity contribution in [1.29, 1.82) is 0 Å². The molecule has 8 heteroatoms. The van der Waals surface area contributed by atoms with Gasteiger partial charge in [0, 0.05) is 17.8 Å². The van der Waals surface area contributed by atoms with Crippen LogP contribution < -0.4 is 5.32 Å². The molecule has 1 rings (SSSR count). The Kier molecular flexibility index (Phi) is 6.97. The molecule has 1 aromatic rings. The smallest absolute Gasteiger partial charge is 0.323 e. The molecule has 7 nitrogen and oxygen atoms in total. The van der Waals surface area contributed by atoms with Crippen LogP contribution in [-0.4, -0.2) is 45.9 Å². The molecule has 0 aliphatic carbocycles. The number of carbonyl (C=O) groups excluding carboxylic acids is 2. The van der Waals surface area contributed by atoms with Gasteiger partial charge in [0.2, 0.25) is 11.8 Å². The van der Waals surface area contributed by atoms with E-state index in [2.05, 4.69) is 10.3 Å². The van der Waals surface area contributed by atoms with Crippen LogP contribution in [0.4, 0.5) is 5.13 Å². The van der Waals surface area contributed by atoms with Gasteiger partial charge in [0.1, 0.15) is 6.54 Å². The number of thiazole rings is 1. The number of hydrogen-bond acceptors (Lipinski definition) is 5. The van der Waals surface area contributed by atoms with E-state index in [1.165, 1.54) is 16.2 Å². The summed E-state index contributed by atoms with van der Waals surface area (Å²) >= 11 is 1.25. The second-order valence-corrected chi connectivity index (χ2v) is 6.03. The molecule has 0 spiro atoms. The maximum Gasteiger partial charge on any atom is 0.323 e. The fourth-order valence-corrected chi connectivity index (χ4v) is 2.40. The minimum atomic E-state index is -1.04. The number of nitrogens with zero attached hydrogens (tertiary/aromatic N) is 2. The molecule has 0 atom stereocenters. The lowest BCUT2D eigenvalue weighted by Crippen LogP contribution is -2.37. The quantitative estimate of drug-likeness (QED) is 0.755. The third kappa shape index (κ3) is 5.80. The molecule has 2 amide bonds. The first-order chi connectivity index (χ1) is 10.3. The van der Waals surface area contributed by atoms with E-state index < -0.39 is 5.97 Å². The summed E-state index contributed by atoms with van der Waals surface area (Å²) in [6.45, 7) is 5.52. The van der Waals surface area contributed by atoms with E-state index in [9.17, 15) is 14.4 Å². The van der Waals surface area contributed by atoms with Gasteiger partial charge in [-0.2, -0.15) is 0 Å². The van der Waals surface area contributed by atoms with Crippen molar-refractivity contribution in [1.82, 2.24) is 9.88 Å². The van der Waals surface area contributed by atoms with Crippen molar-refractivity contribution in [3.05, 3.63) is 11.1 Å². The van der Waals surface area contributed by atoms with Gasteiger partial charge in [-0.05, 0) is 6.42 Å². The van der Waals surface area contributed by atoms with Gasteiger partial charge in [0.05, 0.1) is 12.1 Å². The molecule has 0 radical (unpaired) electrons. The predicted octanol–water partition coefficient (Wildman–Crippen LogP) is 1.60. The summed E-state index contributed by atoms with van der Waals surface area (Å²) in [7, 11) is 0. The molecule has 0 saturated heterocycles. The molecule has 1 aromatic heterocycles. The van der Waals surface area contributed by atoms with Crippen LogP contribution in [0.2, 0.25) is 0 Å². The van der Waals surface area contributed by atoms with Gasteiger partial charge in [-0.15, -0.1) is 11.3 Å². The van der Waals surface area contributed by atoms with Gasteiger partial charge in [0.25, 0.3) is 0 Å². The topological polar surface area (TPSA) is 99.6 Å². The summed E-state index contributed by atoms with van der Waals surface area (Å²) in [5.41, 5.74) is 0.528. The third-order valence-corrected chi connectivity index (χ3v) is 3.62. The van der Waals surface area contributed by atoms with E-state index in [4.69, 9.17) is 5.11 Å². The summed E-state index contributed by atoms with van der Waals surface area (Å²) < 4.78 is 0. The minimum absolute atomic E-state index is 0.0291. The first kappa shape index (κ1) is 18.1. The number of carbonyl (C=O) groups is 3. The average molecular weight is 327 g/mol. The van der Waals surface area contributed by atoms with Gasteiger partial charge >= 0.3 is 5.97 Å². The van der Waals surface area contributed by atoms with Crippen molar-refractivity contribution in [2.75, 3.05) is 18.4 Å². The zero-order valence-corrected chi connectivity index (χ0v) is 13.8. The Balaban J connectivity index is 2.65. The fraction of sp³-hybridized carbons (Fsp3) is 0.571. The van der Waals surface area contributed by atoms with Crippen LogP contribution in [0.15, 0.2) is 5.38 Å². The number of rotatable bonds is 8. The summed E-state index contributed by atoms with van der Waals surface area (Å²) in [6.07, 6.45) is 0.715. The number of aliphatic carboxylic acids is 1. The zero-order chi connectivity index (χ0) is 16.7. The second-order valence-electron chi connectivity index (χ2n) is 5.17. The number of nitrogens with one attached hydrogen (secondary N) is 1. The lowest BCUT2D eigenvalue weighted by atomic mass is 10.2. The van der Waals surface area contributed by atoms with Gasteiger partial charge in [0.15, 0.2) is 5.13 Å². The van der Waals surface area contributed by atoms with Crippen LogP contribution in [0.1, 0.15) is 32.9 Å². The normalized spacial score (nSPS) is 10.5. The van der Waals surface area contributed by atoms with Crippen LogP contribution in [0.25, 0.3) is 0 Å². The molecule has 0 fully saturated rings. The molecular formula is C14H21N3O4S. The van der Waals surface area contributed by atoms with Crippen molar-refractivity contribution >= 4 is 34.3 Å². The highest BCUT2D eigenvalue weighted by Crippen LogP contribution is 2.17. The van der Waals surface area contributed by atoms with Gasteiger partial charge in [-0.25, -0.2) is 4.98 Å². The monoisotopic (exact) mass is 327 g/mol. The molecule has 0 aliphatic rings. The van der Waals surface area contributed by atoms with Crippen molar-refractivity contribution < 1.29 is 19.5 Å². The first-order valence-corrected chi connectivity index (χ1v) is 7.96. The minimum Gasteiger partial charge on any atom is -0.480 e. The van der Waals surface area contributed by atoms with E-state index in [1.54, 1.807) is 19.2 Å². The number of amides is 2. The standard InChI is InChI=1S/C14H21N3O4S/c1-4-5-17(7-12(19)20)11(18)6-10-8-22-14(15-10)16-13(21)9(2)3/h8-9H,4-7H2,1-3H3,(H,19,20)(H,15,16,21). The van der Waals surface area contributed by atoms with E-state index >= 15 is 0 Å². The lowest BCUT2D eigenvalue weighted by Gasteiger charge is -2.19. The highest BCUT2D eigenvalue weighted by Gasteiger charge is 2.18. The zero-order valence-electron chi connectivity index (χ0n) is 13.0. The molecule has 22 heavy (non-hydrogen) atoms. The molecule has 1 heterocycles. The molecule has 0 aromatic carbocycles. The van der Waals surface area contributed by atoms with E-state index in [0.29, 0.717) is 23.8 Å². The van der Waals surface area contributed by atoms with Crippen LogP contribution >= 0.6 is 11.3 Å². The third-order valence-electron chi connectivity index (χ3n) is 2.81. The van der Waals surface area contributed by atoms with Crippen molar-refractivity contribution in [2.24, 2.45) is 5.92 Å². The average Bonchev–Trinajstić information content (AvgIpc) is 2.84. The summed E-state index contributed by atoms with van der Waals surface area (Å²) in [5, 5.41) is 13.6. The maximum atomic E-state index is 12.1. The predicted molar refractivity (Wildman–Crippen MR) is 83.8 cm³/mol. The Morgan fingerprint density at radius 3 is 2.64 bits per heavy atom. The number of aromatic nitrogens is 1. The van der Waals surface area contributed by atoms with Crippen LogP contribution in [0, 0.1) is 5.92 Å². The fourth-order valence-electron chi connectivity index (χ4n) is 1.69. The summed E-state index contributed by atoms with van der Waals surface area (Å²) in [5.74, 6) is -1.60. The Bertz CT molecular complexity index is 542. The lowest BCUT2D eigenvalue weighted by molar-refractivity contribution is -0.144. The first-order valence-electron chi connectivity index (χ1n) is 7.08. The van der Waals surface area contributed by atoms with Crippen molar-refractivity contribution in [3.8, 4) is 0 Å². The second kappa shape index (κ2) is 8.47. The number of carboxylic acids is 1. The van der Waals surface area contributed by atoms with Gasteiger partial charge in [-0.3, -0.25) is 14.4 Å². The maximum absolute atomic E-state index is 12.1. The molecular weight excluding hydrogens is 306 g/mol. The molecule has 0 unspecified atom stereocenters. The van der Waals surface area contributed by atoms with Crippen molar-refractivity contribution in [3.63, 3.8) is 0 Å². The largest absolute Gasteiger partial charge is 0.480 e. The highest BCUT2D eigenvalue weighted by atomic mass is 32.1. The summed E-state index contributed by atoms with van der Waals surface area (Å²) in [6, 6.07) is 0. The highest BCUT2D eigenvalue weighted by molar-refractivity contribution is 7.13. The number of anilines is 1. The Hall–Kier alpha value is -1.96. The van der Waals surface area contributed by atoms with Crippen LogP contribution in [0.5, 0.6) is 0 Å². The van der Waals surface area contributed by atoms with E-state index in [0.717, 1.165) is 0 Å². The summed E-state index contributed by atoms with van der Waals surface area (Å²) in [4.78, 5) is 40.0. The molecule has 2 N–H and O–H groups in total. The Morgan fingerprint density at radius 2 is 2.09 bits per heavy atom. The molecule has 0 bridgehead atoms. The van der Waals surface area contributed by atoms with E-state index in [1.807, 2.05) is 6.92 Å².